The molecule has 4 atom stereocenters. The van der Waals surface area contributed by atoms with Gasteiger partial charge < -0.3 is 10.0 Å². The number of hydrogen-bond donors (Lipinski definition) is 1. The fourth-order valence-corrected chi connectivity index (χ4v) is 6.61. The van der Waals surface area contributed by atoms with Gasteiger partial charge in [-0.25, -0.2) is 0 Å². The lowest BCUT2D eigenvalue weighted by atomic mass is 9.63. The molecule has 4 fully saturated rings. The van der Waals surface area contributed by atoms with Gasteiger partial charge in [-0.05, 0) is 114 Å². The van der Waals surface area contributed by atoms with Gasteiger partial charge in [0, 0.05) is 0 Å². The van der Waals surface area contributed by atoms with Crippen LogP contribution in [0.5, 0.6) is 0 Å². The zero-order chi connectivity index (χ0) is 18.0. The van der Waals surface area contributed by atoms with Crippen LogP contribution in [0, 0.1) is 17.3 Å². The summed E-state index contributed by atoms with van der Waals surface area (Å²) in [5.41, 5.74) is 3.76. The molecule has 0 aromatic carbocycles. The van der Waals surface area contributed by atoms with Crippen LogP contribution in [0.25, 0.3) is 0 Å². The maximum Gasteiger partial charge on any atom is 0.0577 e. The molecule has 3 aliphatic carbocycles. The van der Waals surface area contributed by atoms with Crippen molar-refractivity contribution in [2.75, 3.05) is 19.6 Å². The smallest absolute Gasteiger partial charge is 0.0577 e. The van der Waals surface area contributed by atoms with E-state index in [0.717, 1.165) is 31.1 Å². The average Bonchev–Trinajstić information content (AvgIpc) is 3.25. The maximum atomic E-state index is 9.93. The zero-order valence-corrected chi connectivity index (χ0v) is 16.9. The van der Waals surface area contributed by atoms with E-state index >= 15 is 0 Å². The van der Waals surface area contributed by atoms with E-state index in [-0.39, 0.29) is 6.10 Å². The Morgan fingerprint density at radius 3 is 2.69 bits per heavy atom. The molecule has 1 heterocycles. The normalized spacial score (nSPS) is 41.8. The highest BCUT2D eigenvalue weighted by Gasteiger charge is 2.48. The molecule has 0 aromatic heterocycles. The molecule has 0 aromatic rings. The molecule has 1 N–H and O–H groups in total. The average molecular weight is 358 g/mol. The van der Waals surface area contributed by atoms with E-state index in [2.05, 4.69) is 24.0 Å². The van der Waals surface area contributed by atoms with Gasteiger partial charge in [-0.1, -0.05) is 30.2 Å². The van der Waals surface area contributed by atoms with Crippen LogP contribution in [-0.4, -0.2) is 35.7 Å². The highest BCUT2D eigenvalue weighted by Crippen LogP contribution is 2.58. The molecule has 2 nitrogen and oxygen atoms in total. The predicted octanol–water partition coefficient (Wildman–Crippen LogP) is 5.48. The summed E-state index contributed by atoms with van der Waals surface area (Å²) < 4.78 is 0. The lowest BCUT2D eigenvalue weighted by Gasteiger charge is -2.42. The summed E-state index contributed by atoms with van der Waals surface area (Å²) in [6.45, 7) is 6.65. The van der Waals surface area contributed by atoms with Crippen LogP contribution < -0.4 is 0 Å². The summed E-state index contributed by atoms with van der Waals surface area (Å²) in [7, 11) is 0. The van der Waals surface area contributed by atoms with Crippen LogP contribution in [0.3, 0.4) is 0 Å². The first-order valence-corrected chi connectivity index (χ1v) is 11.4. The van der Waals surface area contributed by atoms with Gasteiger partial charge in [0.2, 0.25) is 0 Å². The van der Waals surface area contributed by atoms with Crippen LogP contribution in [0.15, 0.2) is 23.3 Å². The number of aliphatic hydroxyl groups is 1. The standard InChI is InChI=1S/C24H39NO/c1-24-14-5-7-20(10-9-19-6-4-8-22(26)18-19)23(24)12-11-21(24)13-17-25-15-2-3-16-25/h9-10,21-23,26H,2-8,11-18H2,1H3/b19-9-,20-10+/t21-,22?,23?,24?/m1/s1. The van der Waals surface area contributed by atoms with Crippen molar-refractivity contribution in [3.63, 3.8) is 0 Å². The van der Waals surface area contributed by atoms with E-state index in [1.165, 1.54) is 83.0 Å². The van der Waals surface area contributed by atoms with Gasteiger partial charge in [0.15, 0.2) is 0 Å². The highest BCUT2D eigenvalue weighted by atomic mass is 16.3. The molecule has 0 amide bonds. The first-order chi connectivity index (χ1) is 12.6. The summed E-state index contributed by atoms with van der Waals surface area (Å²) in [5.74, 6) is 1.76. The van der Waals surface area contributed by atoms with Gasteiger partial charge in [0.1, 0.15) is 0 Å². The Labute approximate surface area is 160 Å². The van der Waals surface area contributed by atoms with Crippen LogP contribution >= 0.6 is 0 Å². The highest BCUT2D eigenvalue weighted by molar-refractivity contribution is 5.25. The number of fused-ring (bicyclic) bond motifs is 1. The Hall–Kier alpha value is -0.600. The molecule has 4 rings (SSSR count). The van der Waals surface area contributed by atoms with E-state index in [4.69, 9.17) is 0 Å². The van der Waals surface area contributed by atoms with Gasteiger partial charge >= 0.3 is 0 Å². The molecule has 4 aliphatic rings. The number of likely N-dealkylation sites (tertiary alicyclic amines) is 1. The van der Waals surface area contributed by atoms with Gasteiger partial charge in [-0.15, -0.1) is 0 Å². The van der Waals surface area contributed by atoms with Gasteiger partial charge in [-0.2, -0.15) is 0 Å². The Kier molecular flexibility index (Phi) is 5.90. The van der Waals surface area contributed by atoms with Crippen molar-refractivity contribution in [1.29, 1.82) is 0 Å². The number of nitrogens with zero attached hydrogens (tertiary/aromatic N) is 1. The van der Waals surface area contributed by atoms with Crippen molar-refractivity contribution >= 4 is 0 Å². The number of rotatable bonds is 4. The lowest BCUT2D eigenvalue weighted by Crippen LogP contribution is -2.35. The molecule has 3 saturated carbocycles. The van der Waals surface area contributed by atoms with Gasteiger partial charge in [-0.3, -0.25) is 0 Å². The second-order valence-corrected chi connectivity index (χ2v) is 9.84. The molecule has 2 heteroatoms. The van der Waals surface area contributed by atoms with E-state index in [0.29, 0.717) is 5.41 Å². The third-order valence-corrected chi connectivity index (χ3v) is 8.22. The largest absolute Gasteiger partial charge is 0.393 e. The van der Waals surface area contributed by atoms with Crippen LogP contribution in [-0.2, 0) is 0 Å². The molecular formula is C24H39NO. The topological polar surface area (TPSA) is 23.5 Å². The maximum absolute atomic E-state index is 9.93. The first-order valence-electron chi connectivity index (χ1n) is 11.4. The third-order valence-electron chi connectivity index (χ3n) is 8.22. The van der Waals surface area contributed by atoms with Crippen molar-refractivity contribution in [1.82, 2.24) is 4.90 Å². The number of allylic oxidation sites excluding steroid dienone is 3. The summed E-state index contributed by atoms with van der Waals surface area (Å²) in [5, 5.41) is 9.93. The molecule has 0 spiro atoms. The minimum atomic E-state index is -0.0912. The Morgan fingerprint density at radius 1 is 1.04 bits per heavy atom. The SMILES string of the molecule is CC12CCC/C(=C\C=C3\CCCC(O)C3)C1CC[C@@H]2CCN1CCCC1. The lowest BCUT2D eigenvalue weighted by molar-refractivity contribution is 0.120. The van der Waals surface area contributed by atoms with E-state index in [1.54, 1.807) is 5.57 Å². The van der Waals surface area contributed by atoms with Crippen LogP contribution in [0.1, 0.15) is 84.0 Å². The summed E-state index contributed by atoms with van der Waals surface area (Å²) in [4.78, 5) is 2.70. The molecule has 1 saturated heterocycles. The zero-order valence-electron chi connectivity index (χ0n) is 16.9. The van der Waals surface area contributed by atoms with E-state index in [9.17, 15) is 5.11 Å². The fourth-order valence-electron chi connectivity index (χ4n) is 6.61. The first kappa shape index (κ1) is 18.7. The third kappa shape index (κ3) is 3.97. The summed E-state index contributed by atoms with van der Waals surface area (Å²) in [6.07, 6.45) is 20.3. The minimum Gasteiger partial charge on any atom is -0.393 e. The van der Waals surface area contributed by atoms with E-state index < -0.39 is 0 Å². The molecule has 0 bridgehead atoms. The second-order valence-electron chi connectivity index (χ2n) is 9.84. The van der Waals surface area contributed by atoms with Gasteiger partial charge in [0.05, 0.1) is 6.10 Å². The van der Waals surface area contributed by atoms with Crippen molar-refractivity contribution in [2.45, 2.75) is 90.1 Å². The number of hydrogen-bond acceptors (Lipinski definition) is 2. The molecule has 26 heavy (non-hydrogen) atoms. The van der Waals surface area contributed by atoms with Crippen LogP contribution in [0.4, 0.5) is 0 Å². The Morgan fingerprint density at radius 2 is 1.88 bits per heavy atom. The van der Waals surface area contributed by atoms with Crippen molar-refractivity contribution in [2.24, 2.45) is 17.3 Å². The van der Waals surface area contributed by atoms with Crippen molar-refractivity contribution in [3.05, 3.63) is 23.3 Å². The summed E-state index contributed by atoms with van der Waals surface area (Å²) in [6, 6.07) is 0. The molecule has 0 radical (unpaired) electrons. The molecule has 1 aliphatic heterocycles. The summed E-state index contributed by atoms with van der Waals surface area (Å²) >= 11 is 0. The van der Waals surface area contributed by atoms with Gasteiger partial charge in [0.25, 0.3) is 0 Å². The Balaban J connectivity index is 1.41. The predicted molar refractivity (Wildman–Crippen MR) is 109 cm³/mol. The van der Waals surface area contributed by atoms with Crippen molar-refractivity contribution < 1.29 is 5.11 Å². The van der Waals surface area contributed by atoms with E-state index in [1.807, 2.05) is 0 Å². The molecule has 146 valence electrons. The van der Waals surface area contributed by atoms with Crippen LogP contribution in [0.2, 0.25) is 0 Å². The second kappa shape index (κ2) is 8.19. The fraction of sp³-hybridized carbons (Fsp3) is 0.833. The quantitative estimate of drug-likeness (QED) is 0.720. The Bertz CT molecular complexity index is 544. The molecular weight excluding hydrogens is 318 g/mol. The van der Waals surface area contributed by atoms with Crippen molar-refractivity contribution in [3.8, 4) is 0 Å². The number of aliphatic hydroxyl groups excluding tert-OH is 1. The molecule has 3 unspecified atom stereocenters. The minimum absolute atomic E-state index is 0.0912. The monoisotopic (exact) mass is 357 g/mol.